The highest BCUT2D eigenvalue weighted by atomic mass is 19.1. The van der Waals surface area contributed by atoms with E-state index in [4.69, 9.17) is 4.74 Å². The highest BCUT2D eigenvalue weighted by Crippen LogP contribution is 2.24. The van der Waals surface area contributed by atoms with Crippen LogP contribution in [0.15, 0.2) is 24.3 Å². The summed E-state index contributed by atoms with van der Waals surface area (Å²) in [5.74, 6) is 0.428. The topological polar surface area (TPSA) is 21.3 Å². The fourth-order valence-corrected chi connectivity index (χ4v) is 2.59. The lowest BCUT2D eigenvalue weighted by Gasteiger charge is -2.26. The summed E-state index contributed by atoms with van der Waals surface area (Å²) < 4.78 is 19.2. The number of nitrogens with one attached hydrogen (secondary N) is 1. The van der Waals surface area contributed by atoms with Crippen LogP contribution in [0.5, 0.6) is 0 Å². The van der Waals surface area contributed by atoms with E-state index in [1.165, 1.54) is 6.07 Å². The summed E-state index contributed by atoms with van der Waals surface area (Å²) in [7, 11) is 0. The van der Waals surface area contributed by atoms with E-state index < -0.39 is 0 Å². The average Bonchev–Trinajstić information content (AvgIpc) is 2.90. The molecule has 2 rings (SSSR count). The molecule has 1 aromatic rings. The third-order valence-corrected chi connectivity index (χ3v) is 3.82. The summed E-state index contributed by atoms with van der Waals surface area (Å²) in [6.45, 7) is 5.93. The van der Waals surface area contributed by atoms with Gasteiger partial charge < -0.3 is 10.1 Å². The van der Waals surface area contributed by atoms with Gasteiger partial charge in [-0.1, -0.05) is 25.1 Å². The molecule has 18 heavy (non-hydrogen) atoms. The Kier molecular flexibility index (Phi) is 4.72. The van der Waals surface area contributed by atoms with Crippen LogP contribution in [0.3, 0.4) is 0 Å². The van der Waals surface area contributed by atoms with Crippen LogP contribution < -0.4 is 5.32 Å². The van der Waals surface area contributed by atoms with Gasteiger partial charge in [-0.2, -0.15) is 0 Å². The van der Waals surface area contributed by atoms with Gasteiger partial charge >= 0.3 is 0 Å². The molecule has 0 spiro atoms. The van der Waals surface area contributed by atoms with Gasteiger partial charge in [-0.15, -0.1) is 0 Å². The Morgan fingerprint density at radius 2 is 2.22 bits per heavy atom. The summed E-state index contributed by atoms with van der Waals surface area (Å²) in [4.78, 5) is 0. The third-order valence-electron chi connectivity index (χ3n) is 3.82. The first-order valence-electron chi connectivity index (χ1n) is 6.80. The van der Waals surface area contributed by atoms with Gasteiger partial charge in [-0.05, 0) is 31.7 Å². The first-order valence-corrected chi connectivity index (χ1v) is 6.80. The Balaban J connectivity index is 2.02. The van der Waals surface area contributed by atoms with Gasteiger partial charge in [-0.25, -0.2) is 4.39 Å². The van der Waals surface area contributed by atoms with Crippen LogP contribution in [-0.2, 0) is 4.74 Å². The number of hydrogen-bond donors (Lipinski definition) is 1. The highest BCUT2D eigenvalue weighted by Gasteiger charge is 2.25. The summed E-state index contributed by atoms with van der Waals surface area (Å²) in [5.41, 5.74) is 0.769. The molecule has 0 amide bonds. The standard InChI is InChI=1S/C15H22FNO/c1-3-15(13-6-4-5-7-14(13)16)17-11(2)12-8-9-18-10-12/h4-7,11-12,15,17H,3,8-10H2,1-2H3. The number of ether oxygens (including phenoxy) is 1. The van der Waals surface area contributed by atoms with Crippen molar-refractivity contribution in [2.45, 2.75) is 38.8 Å². The minimum atomic E-state index is -0.119. The van der Waals surface area contributed by atoms with Crippen molar-refractivity contribution >= 4 is 0 Å². The lowest BCUT2D eigenvalue weighted by molar-refractivity contribution is 0.176. The van der Waals surface area contributed by atoms with Crippen molar-refractivity contribution in [2.24, 2.45) is 5.92 Å². The van der Waals surface area contributed by atoms with Crippen molar-refractivity contribution in [3.05, 3.63) is 35.6 Å². The van der Waals surface area contributed by atoms with Gasteiger partial charge in [0.15, 0.2) is 0 Å². The van der Waals surface area contributed by atoms with Crippen molar-refractivity contribution in [1.29, 1.82) is 0 Å². The summed E-state index contributed by atoms with van der Waals surface area (Å²) >= 11 is 0. The van der Waals surface area contributed by atoms with Crippen LogP contribution >= 0.6 is 0 Å². The molecule has 1 aliphatic heterocycles. The van der Waals surface area contributed by atoms with Gasteiger partial charge in [0.2, 0.25) is 0 Å². The number of benzene rings is 1. The Bertz CT molecular complexity index is 377. The molecule has 1 saturated heterocycles. The first-order chi connectivity index (χ1) is 8.72. The zero-order chi connectivity index (χ0) is 13.0. The van der Waals surface area contributed by atoms with Crippen LogP contribution in [-0.4, -0.2) is 19.3 Å². The second-order valence-electron chi connectivity index (χ2n) is 5.06. The maximum Gasteiger partial charge on any atom is 0.127 e. The molecule has 1 fully saturated rings. The van der Waals surface area contributed by atoms with Crippen LogP contribution in [0, 0.1) is 11.7 Å². The van der Waals surface area contributed by atoms with E-state index >= 15 is 0 Å². The minimum Gasteiger partial charge on any atom is -0.381 e. The molecule has 0 saturated carbocycles. The number of halogens is 1. The molecule has 3 heteroatoms. The lowest BCUT2D eigenvalue weighted by atomic mass is 9.97. The molecule has 1 heterocycles. The van der Waals surface area contributed by atoms with Crippen molar-refractivity contribution in [3.8, 4) is 0 Å². The molecule has 0 aromatic heterocycles. The van der Waals surface area contributed by atoms with Gasteiger partial charge in [-0.3, -0.25) is 0 Å². The van der Waals surface area contributed by atoms with Crippen LogP contribution in [0.25, 0.3) is 0 Å². The highest BCUT2D eigenvalue weighted by molar-refractivity contribution is 5.21. The zero-order valence-corrected chi connectivity index (χ0v) is 11.2. The first kappa shape index (κ1) is 13.5. The summed E-state index contributed by atoms with van der Waals surface area (Å²) in [6.07, 6.45) is 1.99. The van der Waals surface area contributed by atoms with E-state index in [0.717, 1.165) is 31.6 Å². The maximum atomic E-state index is 13.8. The molecule has 3 unspecified atom stereocenters. The van der Waals surface area contributed by atoms with Crippen molar-refractivity contribution in [1.82, 2.24) is 5.32 Å². The van der Waals surface area contributed by atoms with E-state index in [1.807, 2.05) is 12.1 Å². The zero-order valence-electron chi connectivity index (χ0n) is 11.2. The molecule has 100 valence electrons. The molecule has 2 nitrogen and oxygen atoms in total. The van der Waals surface area contributed by atoms with E-state index in [2.05, 4.69) is 19.2 Å². The van der Waals surface area contributed by atoms with Crippen molar-refractivity contribution in [2.75, 3.05) is 13.2 Å². The second-order valence-corrected chi connectivity index (χ2v) is 5.06. The molecule has 0 radical (unpaired) electrons. The largest absolute Gasteiger partial charge is 0.381 e. The van der Waals surface area contributed by atoms with Crippen molar-refractivity contribution in [3.63, 3.8) is 0 Å². The molecule has 0 bridgehead atoms. The minimum absolute atomic E-state index is 0.0850. The lowest BCUT2D eigenvalue weighted by Crippen LogP contribution is -2.36. The van der Waals surface area contributed by atoms with Crippen LogP contribution in [0.4, 0.5) is 4.39 Å². The predicted octanol–water partition coefficient (Wildman–Crippen LogP) is 3.29. The number of rotatable bonds is 5. The fourth-order valence-electron chi connectivity index (χ4n) is 2.59. The van der Waals surface area contributed by atoms with E-state index in [0.29, 0.717) is 12.0 Å². The van der Waals surface area contributed by atoms with E-state index in [-0.39, 0.29) is 11.9 Å². The molecule has 3 atom stereocenters. The molecular weight excluding hydrogens is 229 g/mol. The maximum absolute atomic E-state index is 13.8. The van der Waals surface area contributed by atoms with Gasteiger partial charge in [0.05, 0.1) is 6.61 Å². The van der Waals surface area contributed by atoms with Gasteiger partial charge in [0.1, 0.15) is 5.82 Å². The molecule has 1 aliphatic rings. The summed E-state index contributed by atoms with van der Waals surface area (Å²) in [6, 6.07) is 7.47. The number of hydrogen-bond acceptors (Lipinski definition) is 2. The Hall–Kier alpha value is -0.930. The van der Waals surface area contributed by atoms with E-state index in [1.54, 1.807) is 6.07 Å². The fraction of sp³-hybridized carbons (Fsp3) is 0.600. The molecule has 1 aromatic carbocycles. The second kappa shape index (κ2) is 6.30. The Morgan fingerprint density at radius 3 is 2.83 bits per heavy atom. The van der Waals surface area contributed by atoms with Crippen LogP contribution in [0.2, 0.25) is 0 Å². The van der Waals surface area contributed by atoms with Gasteiger partial charge in [0.25, 0.3) is 0 Å². The third kappa shape index (κ3) is 3.09. The molecule has 0 aliphatic carbocycles. The Labute approximate surface area is 109 Å². The van der Waals surface area contributed by atoms with E-state index in [9.17, 15) is 4.39 Å². The van der Waals surface area contributed by atoms with Crippen LogP contribution in [0.1, 0.15) is 38.3 Å². The smallest absolute Gasteiger partial charge is 0.127 e. The molecular formula is C15H22FNO. The predicted molar refractivity (Wildman–Crippen MR) is 71.0 cm³/mol. The quantitative estimate of drug-likeness (QED) is 0.867. The SMILES string of the molecule is CCC(NC(C)C1CCOC1)c1ccccc1F. The normalized spacial score (nSPS) is 22.9. The van der Waals surface area contributed by atoms with Gasteiger partial charge in [0, 0.05) is 24.3 Å². The monoisotopic (exact) mass is 251 g/mol. The average molecular weight is 251 g/mol. The Morgan fingerprint density at radius 1 is 1.44 bits per heavy atom. The molecule has 1 N–H and O–H groups in total. The van der Waals surface area contributed by atoms with Crippen molar-refractivity contribution < 1.29 is 9.13 Å². The summed E-state index contributed by atoms with van der Waals surface area (Å²) in [5, 5.41) is 3.55.